The maximum atomic E-state index is 13.1. The second kappa shape index (κ2) is 6.26. The van der Waals surface area contributed by atoms with Crippen LogP contribution < -0.4 is 14.8 Å². The zero-order valence-electron chi connectivity index (χ0n) is 11.2. The molecule has 1 amide bonds. The molecule has 0 bridgehead atoms. The summed E-state index contributed by atoms with van der Waals surface area (Å²) in [5, 5.41) is 2.76. The molecule has 0 aliphatic carbocycles. The first-order chi connectivity index (χ1) is 10.5. The van der Waals surface area contributed by atoms with Gasteiger partial charge in [0.15, 0.2) is 11.5 Å². The smallest absolute Gasteiger partial charge is 0.256 e. The third kappa shape index (κ3) is 3.10. The third-order valence-corrected chi connectivity index (χ3v) is 4.37. The van der Waals surface area contributed by atoms with Crippen LogP contribution in [0.2, 0.25) is 0 Å². The second-order valence-corrected chi connectivity index (χ2v) is 6.26. The topological polar surface area (TPSA) is 47.6 Å². The highest BCUT2D eigenvalue weighted by Crippen LogP contribution is 2.38. The number of amides is 1. The fraction of sp³-hybridized carbons (Fsp3) is 0.133. The van der Waals surface area contributed by atoms with Crippen LogP contribution in [0, 0.1) is 5.82 Å². The van der Waals surface area contributed by atoms with Gasteiger partial charge in [-0.3, -0.25) is 4.79 Å². The molecule has 1 heterocycles. The molecule has 1 aliphatic heterocycles. The Morgan fingerprint density at radius 3 is 2.41 bits per heavy atom. The lowest BCUT2D eigenvalue weighted by Gasteiger charge is -2.20. The highest BCUT2D eigenvalue weighted by molar-refractivity contribution is 9.11. The van der Waals surface area contributed by atoms with Crippen LogP contribution in [0.4, 0.5) is 10.1 Å². The Morgan fingerprint density at radius 1 is 1.05 bits per heavy atom. The molecule has 2 aromatic rings. The molecule has 0 atom stereocenters. The molecule has 0 aromatic heterocycles. The quantitative estimate of drug-likeness (QED) is 0.769. The monoisotopic (exact) mass is 429 g/mol. The van der Waals surface area contributed by atoms with Gasteiger partial charge in [-0.1, -0.05) is 0 Å². The van der Waals surface area contributed by atoms with Gasteiger partial charge in [0.25, 0.3) is 5.91 Å². The zero-order valence-corrected chi connectivity index (χ0v) is 14.3. The third-order valence-electron chi connectivity index (χ3n) is 3.06. The molecule has 0 fully saturated rings. The van der Waals surface area contributed by atoms with Gasteiger partial charge in [0.05, 0.1) is 11.3 Å². The average molecular weight is 431 g/mol. The maximum Gasteiger partial charge on any atom is 0.256 e. The van der Waals surface area contributed by atoms with Crippen molar-refractivity contribution in [3.05, 3.63) is 50.7 Å². The first-order valence-electron chi connectivity index (χ1n) is 6.40. The van der Waals surface area contributed by atoms with Crippen LogP contribution in [-0.4, -0.2) is 19.1 Å². The fourth-order valence-electron chi connectivity index (χ4n) is 2.02. The van der Waals surface area contributed by atoms with E-state index in [0.29, 0.717) is 44.9 Å². The van der Waals surface area contributed by atoms with Crippen LogP contribution in [0.15, 0.2) is 39.3 Å². The normalized spacial score (nSPS) is 12.9. The molecule has 22 heavy (non-hydrogen) atoms. The van der Waals surface area contributed by atoms with Crippen molar-refractivity contribution in [1.29, 1.82) is 0 Å². The van der Waals surface area contributed by atoms with Gasteiger partial charge in [-0.2, -0.15) is 0 Å². The molecule has 0 spiro atoms. The molecule has 1 aliphatic rings. The van der Waals surface area contributed by atoms with E-state index < -0.39 is 5.82 Å². The minimum atomic E-state index is -0.413. The van der Waals surface area contributed by atoms with Crippen LogP contribution in [0.25, 0.3) is 0 Å². The average Bonchev–Trinajstić information content (AvgIpc) is 2.47. The lowest BCUT2D eigenvalue weighted by Crippen LogP contribution is -2.17. The molecule has 3 rings (SSSR count). The molecule has 0 radical (unpaired) electrons. The summed E-state index contributed by atoms with van der Waals surface area (Å²) in [5.74, 6) is 0.426. The second-order valence-electron chi connectivity index (χ2n) is 4.55. The van der Waals surface area contributed by atoms with Gasteiger partial charge in [0.1, 0.15) is 19.0 Å². The van der Waals surface area contributed by atoms with Gasteiger partial charge in [-0.25, -0.2) is 4.39 Å². The molecule has 0 unspecified atom stereocenters. The Kier molecular flexibility index (Phi) is 4.35. The summed E-state index contributed by atoms with van der Waals surface area (Å²) >= 11 is 6.57. The van der Waals surface area contributed by atoms with E-state index in [0.717, 1.165) is 0 Å². The molecular weight excluding hydrogens is 421 g/mol. The summed E-state index contributed by atoms with van der Waals surface area (Å²) < 4.78 is 25.1. The van der Waals surface area contributed by atoms with Gasteiger partial charge in [-0.15, -0.1) is 0 Å². The molecule has 1 N–H and O–H groups in total. The van der Waals surface area contributed by atoms with Gasteiger partial charge >= 0.3 is 0 Å². The lowest BCUT2D eigenvalue weighted by molar-refractivity contribution is 0.102. The molecule has 2 aromatic carbocycles. The Bertz CT molecular complexity index is 752. The molecule has 114 valence electrons. The Hall–Kier alpha value is -1.60. The van der Waals surface area contributed by atoms with Crippen LogP contribution in [0.1, 0.15) is 10.4 Å². The summed E-state index contributed by atoms with van der Waals surface area (Å²) in [6.07, 6.45) is 0. The molecule has 7 heteroatoms. The molecule has 0 saturated heterocycles. The summed E-state index contributed by atoms with van der Waals surface area (Å²) in [5.41, 5.74) is 0.883. The number of carbonyl (C=O) groups excluding carboxylic acids is 1. The fourth-order valence-corrected chi connectivity index (χ4v) is 2.98. The molecule has 4 nitrogen and oxygen atoms in total. The van der Waals surface area contributed by atoms with Crippen molar-refractivity contribution in [2.45, 2.75) is 0 Å². The van der Waals surface area contributed by atoms with Gasteiger partial charge < -0.3 is 14.8 Å². The number of carbonyl (C=O) groups is 1. The number of anilines is 1. The van der Waals surface area contributed by atoms with Crippen molar-refractivity contribution >= 4 is 43.5 Å². The number of nitrogens with one attached hydrogen (secondary N) is 1. The summed E-state index contributed by atoms with van der Waals surface area (Å²) in [7, 11) is 0. The van der Waals surface area contributed by atoms with Crippen LogP contribution >= 0.6 is 31.9 Å². The van der Waals surface area contributed by atoms with Crippen molar-refractivity contribution in [2.24, 2.45) is 0 Å². The van der Waals surface area contributed by atoms with Crippen molar-refractivity contribution in [1.82, 2.24) is 0 Å². The SMILES string of the molecule is O=C(Nc1cc2c(cc1Br)OCCO2)c1ccc(F)cc1Br. The van der Waals surface area contributed by atoms with Crippen LogP contribution in [0.3, 0.4) is 0 Å². The van der Waals surface area contributed by atoms with E-state index in [1.807, 2.05) is 0 Å². The van der Waals surface area contributed by atoms with Crippen molar-refractivity contribution < 1.29 is 18.7 Å². The summed E-state index contributed by atoms with van der Waals surface area (Å²) in [6, 6.07) is 7.32. The predicted octanol–water partition coefficient (Wildman–Crippen LogP) is 4.37. The first kappa shape index (κ1) is 15.3. The number of benzene rings is 2. The number of fused-ring (bicyclic) bond motifs is 1. The van der Waals surface area contributed by atoms with E-state index in [1.54, 1.807) is 12.1 Å². The summed E-state index contributed by atoms with van der Waals surface area (Å²) in [6.45, 7) is 0.958. The standard InChI is InChI=1S/C15H10Br2FNO3/c16-10-5-8(18)1-2-9(10)15(20)19-12-7-14-13(6-11(12)17)21-3-4-22-14/h1-2,5-7H,3-4H2,(H,19,20). The van der Waals surface area contributed by atoms with Gasteiger partial charge in [0.2, 0.25) is 0 Å². The van der Waals surface area contributed by atoms with Gasteiger partial charge in [0, 0.05) is 21.1 Å². The van der Waals surface area contributed by atoms with Crippen LogP contribution in [-0.2, 0) is 0 Å². The minimum absolute atomic E-state index is 0.336. The Morgan fingerprint density at radius 2 is 1.73 bits per heavy atom. The molecule has 0 saturated carbocycles. The molecular formula is C15H10Br2FNO3. The Labute approximate surface area is 142 Å². The number of halogens is 3. The maximum absolute atomic E-state index is 13.1. The van der Waals surface area contributed by atoms with E-state index >= 15 is 0 Å². The van der Waals surface area contributed by atoms with E-state index in [1.165, 1.54) is 18.2 Å². The Balaban J connectivity index is 1.87. The van der Waals surface area contributed by atoms with Crippen molar-refractivity contribution in [3.8, 4) is 11.5 Å². The highest BCUT2D eigenvalue weighted by atomic mass is 79.9. The van der Waals surface area contributed by atoms with Gasteiger partial charge in [-0.05, 0) is 50.1 Å². The van der Waals surface area contributed by atoms with Crippen LogP contribution in [0.5, 0.6) is 11.5 Å². The van der Waals surface area contributed by atoms with E-state index in [2.05, 4.69) is 37.2 Å². The van der Waals surface area contributed by atoms with E-state index in [4.69, 9.17) is 9.47 Å². The zero-order chi connectivity index (χ0) is 15.7. The number of rotatable bonds is 2. The lowest BCUT2D eigenvalue weighted by atomic mass is 10.2. The van der Waals surface area contributed by atoms with E-state index in [9.17, 15) is 9.18 Å². The predicted molar refractivity (Wildman–Crippen MR) is 87.2 cm³/mol. The minimum Gasteiger partial charge on any atom is -0.486 e. The van der Waals surface area contributed by atoms with Crippen molar-refractivity contribution in [3.63, 3.8) is 0 Å². The largest absolute Gasteiger partial charge is 0.486 e. The number of hydrogen-bond donors (Lipinski definition) is 1. The highest BCUT2D eigenvalue weighted by Gasteiger charge is 2.17. The first-order valence-corrected chi connectivity index (χ1v) is 7.99. The van der Waals surface area contributed by atoms with Crippen molar-refractivity contribution in [2.75, 3.05) is 18.5 Å². The summed E-state index contributed by atoms with van der Waals surface area (Å²) in [4.78, 5) is 12.3. The van der Waals surface area contributed by atoms with E-state index in [-0.39, 0.29) is 5.91 Å². The number of hydrogen-bond acceptors (Lipinski definition) is 3. The number of ether oxygens (including phenoxy) is 2.